The molecule has 0 saturated heterocycles. The van der Waals surface area contributed by atoms with Gasteiger partial charge in [0.1, 0.15) is 18.0 Å². The van der Waals surface area contributed by atoms with E-state index in [4.69, 9.17) is 5.73 Å². The number of aromatic nitrogens is 3. The zero-order valence-electron chi connectivity index (χ0n) is 12.2. The third-order valence-electron chi connectivity index (χ3n) is 3.64. The fraction of sp³-hybridized carbons (Fsp3) is 0. The number of nitrogens with two attached hydrogens (primary N) is 1. The van der Waals surface area contributed by atoms with Gasteiger partial charge in [0.2, 0.25) is 0 Å². The van der Waals surface area contributed by atoms with Crippen molar-refractivity contribution in [2.24, 2.45) is 0 Å². The van der Waals surface area contributed by atoms with Gasteiger partial charge in [-0.1, -0.05) is 12.1 Å². The monoisotopic (exact) mass is 400 g/mol. The number of hydrogen-bond acceptors (Lipinski definition) is 5. The minimum absolute atomic E-state index is 0.320. The van der Waals surface area contributed by atoms with Crippen LogP contribution in [0.25, 0.3) is 32.7 Å². The molecule has 118 valence electrons. The highest BCUT2D eigenvalue weighted by molar-refractivity contribution is 9.10. The molecule has 4 aromatic rings. The van der Waals surface area contributed by atoms with Gasteiger partial charge in [-0.3, -0.25) is 0 Å². The van der Waals surface area contributed by atoms with Crippen molar-refractivity contribution >= 4 is 44.1 Å². The zero-order chi connectivity index (χ0) is 16.7. The van der Waals surface area contributed by atoms with Gasteiger partial charge in [0.25, 0.3) is 0 Å². The predicted molar refractivity (Wildman–Crippen MR) is 98.2 cm³/mol. The van der Waals surface area contributed by atoms with Crippen molar-refractivity contribution in [3.05, 3.63) is 58.4 Å². The molecule has 4 nitrogen and oxygen atoms in total. The highest BCUT2D eigenvalue weighted by Crippen LogP contribution is 2.36. The first-order valence-corrected chi connectivity index (χ1v) is 8.71. The van der Waals surface area contributed by atoms with Gasteiger partial charge in [-0.25, -0.2) is 19.3 Å². The first kappa shape index (κ1) is 15.2. The van der Waals surface area contributed by atoms with Crippen molar-refractivity contribution in [1.82, 2.24) is 15.0 Å². The van der Waals surface area contributed by atoms with Crippen LogP contribution in [0.4, 0.5) is 10.2 Å². The summed E-state index contributed by atoms with van der Waals surface area (Å²) in [6, 6.07) is 10.7. The summed E-state index contributed by atoms with van der Waals surface area (Å²) in [6.07, 6.45) is 1.40. The Kier molecular flexibility index (Phi) is 3.74. The number of nitrogen functional groups attached to an aromatic ring is 1. The van der Waals surface area contributed by atoms with Crippen molar-refractivity contribution in [1.29, 1.82) is 0 Å². The maximum Gasteiger partial charge on any atom is 0.165 e. The van der Waals surface area contributed by atoms with E-state index >= 15 is 0 Å². The average molecular weight is 401 g/mol. The van der Waals surface area contributed by atoms with Gasteiger partial charge < -0.3 is 5.73 Å². The fourth-order valence-corrected chi connectivity index (χ4v) is 3.59. The lowest BCUT2D eigenvalue weighted by Crippen LogP contribution is -1.98. The maximum atomic E-state index is 13.6. The minimum atomic E-state index is -0.320. The van der Waals surface area contributed by atoms with Gasteiger partial charge in [-0.15, -0.1) is 11.3 Å². The molecule has 0 spiro atoms. The van der Waals surface area contributed by atoms with Gasteiger partial charge >= 0.3 is 0 Å². The molecule has 0 aliphatic rings. The minimum Gasteiger partial charge on any atom is -0.383 e. The number of nitrogens with zero attached hydrogens (tertiary/aromatic N) is 3. The molecule has 0 aliphatic heterocycles. The standard InChI is InChI=1S/C17H10BrFN4S/c18-11-6-9(3-4-12(11)19)10-7-13(14-2-1-5-24-14)23-17-15(10)16(20)21-8-22-17/h1-8H,(H2,20,21,22,23). The summed E-state index contributed by atoms with van der Waals surface area (Å²) in [5, 5.41) is 2.65. The molecule has 0 unspecified atom stereocenters. The number of anilines is 1. The van der Waals surface area contributed by atoms with Crippen molar-refractivity contribution in [3.8, 4) is 21.7 Å². The van der Waals surface area contributed by atoms with Crippen LogP contribution in [0.15, 0.2) is 52.6 Å². The second-order valence-corrected chi connectivity index (χ2v) is 6.92. The second-order valence-electron chi connectivity index (χ2n) is 5.12. The van der Waals surface area contributed by atoms with Gasteiger partial charge in [0, 0.05) is 0 Å². The lowest BCUT2D eigenvalue weighted by atomic mass is 10.0. The summed E-state index contributed by atoms with van der Waals surface area (Å²) < 4.78 is 14.0. The Hall–Kier alpha value is -2.38. The van der Waals surface area contributed by atoms with E-state index in [1.54, 1.807) is 23.5 Å². The molecule has 0 bridgehead atoms. The molecular formula is C17H10BrFN4S. The average Bonchev–Trinajstić information content (AvgIpc) is 3.11. The largest absolute Gasteiger partial charge is 0.383 e. The molecule has 0 aliphatic carbocycles. The summed E-state index contributed by atoms with van der Waals surface area (Å²) in [7, 11) is 0. The molecule has 4 rings (SSSR count). The maximum absolute atomic E-state index is 13.6. The third kappa shape index (κ3) is 2.55. The number of benzene rings is 1. The first-order chi connectivity index (χ1) is 11.6. The van der Waals surface area contributed by atoms with E-state index < -0.39 is 0 Å². The Morgan fingerprint density at radius 3 is 2.75 bits per heavy atom. The molecule has 3 heterocycles. The summed E-state index contributed by atoms with van der Waals surface area (Å²) in [5.41, 5.74) is 9.01. The van der Waals surface area contributed by atoms with Crippen LogP contribution in [0.3, 0.4) is 0 Å². The van der Waals surface area contributed by atoms with Crippen molar-refractivity contribution in [2.45, 2.75) is 0 Å². The number of thiophene rings is 1. The van der Waals surface area contributed by atoms with E-state index in [9.17, 15) is 4.39 Å². The van der Waals surface area contributed by atoms with Crippen LogP contribution in [-0.2, 0) is 0 Å². The number of hydrogen-bond donors (Lipinski definition) is 1. The topological polar surface area (TPSA) is 64.7 Å². The van der Waals surface area contributed by atoms with Crippen LogP contribution in [-0.4, -0.2) is 15.0 Å². The fourth-order valence-electron chi connectivity index (χ4n) is 2.53. The highest BCUT2D eigenvalue weighted by Gasteiger charge is 2.15. The molecule has 0 fully saturated rings. The lowest BCUT2D eigenvalue weighted by molar-refractivity contribution is 0.621. The molecule has 0 atom stereocenters. The molecule has 24 heavy (non-hydrogen) atoms. The van der Waals surface area contributed by atoms with Crippen LogP contribution >= 0.6 is 27.3 Å². The Morgan fingerprint density at radius 2 is 2.00 bits per heavy atom. The van der Waals surface area contributed by atoms with Crippen LogP contribution in [0, 0.1) is 5.82 Å². The predicted octanol–water partition coefficient (Wildman–Crippen LogP) is 4.90. The number of fused-ring (bicyclic) bond motifs is 1. The SMILES string of the molecule is Nc1ncnc2nc(-c3cccs3)cc(-c3ccc(F)c(Br)c3)c12. The Morgan fingerprint density at radius 1 is 1.12 bits per heavy atom. The zero-order valence-corrected chi connectivity index (χ0v) is 14.6. The van der Waals surface area contributed by atoms with E-state index in [1.807, 2.05) is 23.6 Å². The second kappa shape index (κ2) is 5.92. The van der Waals surface area contributed by atoms with Gasteiger partial charge in [0.05, 0.1) is 20.4 Å². The van der Waals surface area contributed by atoms with E-state index in [0.29, 0.717) is 21.3 Å². The smallest absolute Gasteiger partial charge is 0.165 e. The molecule has 3 aromatic heterocycles. The first-order valence-electron chi connectivity index (χ1n) is 7.04. The van der Waals surface area contributed by atoms with Gasteiger partial charge in [-0.2, -0.15) is 0 Å². The van der Waals surface area contributed by atoms with Crippen LogP contribution < -0.4 is 5.73 Å². The van der Waals surface area contributed by atoms with Crippen LogP contribution in [0.1, 0.15) is 0 Å². The van der Waals surface area contributed by atoms with Gasteiger partial charge in [-0.05, 0) is 56.7 Å². The lowest BCUT2D eigenvalue weighted by Gasteiger charge is -2.10. The molecule has 0 amide bonds. The molecular weight excluding hydrogens is 391 g/mol. The quantitative estimate of drug-likeness (QED) is 0.519. The van der Waals surface area contributed by atoms with Gasteiger partial charge in [0.15, 0.2) is 5.65 Å². The summed E-state index contributed by atoms with van der Waals surface area (Å²) in [4.78, 5) is 13.9. The molecule has 0 saturated carbocycles. The summed E-state index contributed by atoms with van der Waals surface area (Å²) in [5.74, 6) is 0.0282. The van der Waals surface area contributed by atoms with Crippen LogP contribution in [0.5, 0.6) is 0 Å². The Bertz CT molecular complexity index is 1050. The highest BCUT2D eigenvalue weighted by atomic mass is 79.9. The van der Waals surface area contributed by atoms with Crippen LogP contribution in [0.2, 0.25) is 0 Å². The molecule has 7 heteroatoms. The van der Waals surface area contributed by atoms with Crippen molar-refractivity contribution < 1.29 is 4.39 Å². The summed E-state index contributed by atoms with van der Waals surface area (Å²) >= 11 is 4.82. The Labute approximate surface area is 149 Å². The number of pyridine rings is 1. The third-order valence-corrected chi connectivity index (χ3v) is 5.14. The van der Waals surface area contributed by atoms with E-state index in [1.165, 1.54) is 12.4 Å². The summed E-state index contributed by atoms with van der Waals surface area (Å²) in [6.45, 7) is 0. The van der Waals surface area contributed by atoms with E-state index in [0.717, 1.165) is 21.7 Å². The molecule has 1 aromatic carbocycles. The normalized spacial score (nSPS) is 11.1. The van der Waals surface area contributed by atoms with Crippen molar-refractivity contribution in [3.63, 3.8) is 0 Å². The van der Waals surface area contributed by atoms with Crippen molar-refractivity contribution in [2.75, 3.05) is 5.73 Å². The van der Waals surface area contributed by atoms with E-state index in [-0.39, 0.29) is 5.82 Å². The molecule has 0 radical (unpaired) electrons. The molecule has 2 N–H and O–H groups in total. The Balaban J connectivity index is 2.06. The van der Waals surface area contributed by atoms with E-state index in [2.05, 4.69) is 30.9 Å². The number of halogens is 2. The number of rotatable bonds is 2.